The Bertz CT molecular complexity index is 6370. The summed E-state index contributed by atoms with van der Waals surface area (Å²) >= 11 is 8.01. The van der Waals surface area contributed by atoms with Gasteiger partial charge in [0.05, 0.1) is 16.4 Å². The van der Waals surface area contributed by atoms with Crippen LogP contribution >= 0.6 is 11.6 Å². The van der Waals surface area contributed by atoms with Gasteiger partial charge in [-0.1, -0.05) is 242 Å². The van der Waals surface area contributed by atoms with E-state index in [1.165, 1.54) is 246 Å². The molecule has 16 fully saturated rings. The van der Waals surface area contributed by atoms with Gasteiger partial charge in [0.15, 0.2) is 16.1 Å². The van der Waals surface area contributed by atoms with Gasteiger partial charge >= 0.3 is 0 Å². The van der Waals surface area contributed by atoms with Gasteiger partial charge in [0, 0.05) is 56.9 Å². The van der Waals surface area contributed by atoms with Crippen molar-refractivity contribution in [1.82, 2.24) is 0 Å². The van der Waals surface area contributed by atoms with E-state index in [4.69, 9.17) is 11.6 Å². The number of halogens is 1. The highest BCUT2D eigenvalue weighted by Gasteiger charge is 2.60. The zero-order chi connectivity index (χ0) is 86.5. The topological polar surface area (TPSA) is 13.0 Å². The summed E-state index contributed by atoms with van der Waals surface area (Å²) < 4.78 is 0. The minimum atomic E-state index is -2.94. The molecule has 0 radical (unpaired) electrons. The van der Waals surface area contributed by atoms with Crippen LogP contribution in [0.15, 0.2) is 340 Å². The Balaban J connectivity index is 0.000000129. The van der Waals surface area contributed by atoms with Crippen LogP contribution in [0.4, 0.5) is 68.2 Å². The average molecular weight is 1760 g/mol. The highest BCUT2D eigenvalue weighted by molar-refractivity contribution is 7.27. The van der Waals surface area contributed by atoms with Gasteiger partial charge in [0.1, 0.15) is 0 Å². The van der Waals surface area contributed by atoms with Crippen molar-refractivity contribution in [2.75, 3.05) is 19.6 Å². The fraction of sp³-hybridized carbons (Fsp3) is 0.323. The number of anilines is 12. The second-order valence-corrected chi connectivity index (χ2v) is 53.5. The van der Waals surface area contributed by atoms with Gasteiger partial charge in [-0.3, -0.25) is 0 Å². The lowest BCUT2D eigenvalue weighted by Gasteiger charge is -2.57. The summed E-state index contributed by atoms with van der Waals surface area (Å²) in [6, 6.07) is 134. The van der Waals surface area contributed by atoms with Crippen molar-refractivity contribution in [1.29, 1.82) is 0 Å². The van der Waals surface area contributed by atoms with E-state index in [0.717, 1.165) is 110 Å². The largest absolute Gasteiger partial charge is 0.311 e. The molecule has 4 heterocycles. The van der Waals surface area contributed by atoms with Crippen molar-refractivity contribution in [2.45, 2.75) is 176 Å². The molecule has 22 bridgehead atoms. The van der Waals surface area contributed by atoms with Crippen molar-refractivity contribution in [2.24, 2.45) is 71.0 Å². The van der Waals surface area contributed by atoms with Gasteiger partial charge in [-0.05, 0) is 436 Å². The number of hydrogen-bond acceptors (Lipinski definition) is 4. The molecule has 0 N–H and O–H groups in total. The van der Waals surface area contributed by atoms with E-state index < -0.39 is 16.1 Å². The summed E-state index contributed by atoms with van der Waals surface area (Å²) in [6.45, 7) is 0.131. The van der Waals surface area contributed by atoms with E-state index in [2.05, 4.69) is 359 Å². The molecular formula is C124H116BClN4Si2. The smallest absolute Gasteiger partial charge is 0.251 e. The van der Waals surface area contributed by atoms with Crippen LogP contribution in [0, 0.1) is 71.0 Å². The summed E-state index contributed by atoms with van der Waals surface area (Å²) in [5.41, 5.74) is 26.7. The van der Waals surface area contributed by atoms with Gasteiger partial charge in [-0.15, -0.1) is 0 Å². The molecule has 132 heavy (non-hydrogen) atoms. The predicted molar refractivity (Wildman–Crippen MR) is 555 cm³/mol. The van der Waals surface area contributed by atoms with Crippen LogP contribution in [0.25, 0.3) is 0 Å². The first-order chi connectivity index (χ1) is 65.0. The second kappa shape index (κ2) is 29.5. The molecule has 650 valence electrons. The van der Waals surface area contributed by atoms with Crippen molar-refractivity contribution in [3.8, 4) is 0 Å². The van der Waals surface area contributed by atoms with Crippen molar-refractivity contribution >= 4 is 161 Å². The van der Waals surface area contributed by atoms with Crippen LogP contribution in [-0.4, -0.2) is 22.9 Å². The van der Waals surface area contributed by atoms with Gasteiger partial charge < -0.3 is 19.6 Å². The molecule has 0 saturated heterocycles. The Labute approximate surface area is 788 Å². The molecule has 16 aliphatic carbocycles. The van der Waals surface area contributed by atoms with Crippen LogP contribution in [0.3, 0.4) is 0 Å². The Morgan fingerprint density at radius 1 is 0.205 bits per heavy atom. The molecule has 20 aliphatic rings. The third-order valence-electron chi connectivity index (χ3n) is 38.3. The summed E-state index contributed by atoms with van der Waals surface area (Å²) in [6.07, 6.45) is 34.2. The minimum Gasteiger partial charge on any atom is -0.311 e. The molecule has 0 unspecified atom stereocenters. The van der Waals surface area contributed by atoms with Gasteiger partial charge in [0.2, 0.25) is 0 Å². The predicted octanol–water partition coefficient (Wildman–Crippen LogP) is 24.3. The lowest BCUT2D eigenvalue weighted by atomic mass is 9.33. The molecule has 4 nitrogen and oxygen atoms in total. The molecule has 16 saturated carbocycles. The minimum absolute atomic E-state index is 0.131. The highest BCUT2D eigenvalue weighted by Crippen LogP contribution is 2.66. The molecule has 4 aliphatic heterocycles. The van der Waals surface area contributed by atoms with Crippen molar-refractivity contribution < 1.29 is 0 Å². The van der Waals surface area contributed by atoms with Crippen LogP contribution in [0.5, 0.6) is 0 Å². The molecule has 0 aromatic heterocycles. The van der Waals surface area contributed by atoms with Crippen LogP contribution in [-0.2, 0) is 21.7 Å². The number of benzene rings is 14. The highest BCUT2D eigenvalue weighted by atomic mass is 35.5. The fourth-order valence-electron chi connectivity index (χ4n) is 35.1. The quantitative estimate of drug-likeness (QED) is 0.113. The Hall–Kier alpha value is -10.9. The Kier molecular flexibility index (Phi) is 17.6. The van der Waals surface area contributed by atoms with E-state index in [1.54, 1.807) is 22.3 Å². The summed E-state index contributed by atoms with van der Waals surface area (Å²) in [4.78, 5) is 10.3. The number of nitrogens with zero attached hydrogens (tertiary/aromatic N) is 4. The monoisotopic (exact) mass is 1760 g/mol. The lowest BCUT2D eigenvalue weighted by Crippen LogP contribution is -2.88. The first-order valence-electron chi connectivity index (χ1n) is 51.2. The average Bonchev–Trinajstić information content (AvgIpc) is 0.660. The zero-order valence-electron chi connectivity index (χ0n) is 76.0. The number of hydrogen-bond donors (Lipinski definition) is 0. The van der Waals surface area contributed by atoms with Crippen LogP contribution < -0.4 is 77.5 Å². The van der Waals surface area contributed by atoms with Crippen molar-refractivity contribution in [3.05, 3.63) is 367 Å². The molecule has 8 heteroatoms. The first-order valence-corrected chi connectivity index (χ1v) is 55.6. The summed E-state index contributed by atoms with van der Waals surface area (Å²) in [5.74, 6) is 11.1. The molecule has 14 aromatic carbocycles. The van der Waals surface area contributed by atoms with Crippen LogP contribution in [0.2, 0.25) is 5.02 Å². The summed E-state index contributed by atoms with van der Waals surface area (Å²) in [7, 11) is -5.80. The van der Waals surface area contributed by atoms with Gasteiger partial charge in [-0.2, -0.15) is 0 Å². The van der Waals surface area contributed by atoms with Gasteiger partial charge in [-0.25, -0.2) is 0 Å². The zero-order valence-corrected chi connectivity index (χ0v) is 78.7. The molecule has 0 spiro atoms. The van der Waals surface area contributed by atoms with E-state index in [-0.39, 0.29) is 6.71 Å². The van der Waals surface area contributed by atoms with E-state index in [0.29, 0.717) is 21.7 Å². The SMILES string of the molecule is Clc1c2cccc1N(c1ccc(C34CC5CC(CC(C5)C3)C4)cc1)c1cccc(c1)[Si](c1ccccc1)(c1ccccc1)c1cccc(c1)N2c1ccc(C23CC4CC(CC(C4)C2)C3)cc1.c1ccc([Si]2(c3ccccc3)c3cccc4c3B3c5c(cccc5N(c5ccc(C67CC8CC(CC(C8)C6)C7)cc5)c5cccc2c53)N4c2ccc(C34CC5CC(CC(C5)C3)C4)cc2)cc1. The molecule has 34 rings (SSSR count). The maximum atomic E-state index is 8.01. The van der Waals surface area contributed by atoms with Crippen molar-refractivity contribution in [3.63, 3.8) is 0 Å². The number of fused-ring (bicyclic) bond motifs is 6. The standard InChI is InChI=1S/C62H57BN2Si.C62H59ClN2Si/c1-3-10-50(11-4-1)66(51-12-5-2-6-13-51)56-18-8-16-54-59(56)63-58-52(64(54)48-24-20-46(21-25-48)61-34-40-28-41(35-61)30-42(29-40)36-61)14-7-15-53(58)65(55-17-9-19-57(66)60(55)63)49-26-22-47(23-27-49)62-37-43-31-44(38-62)33-45(32-43)39-62;63-60-58-18-9-19-59(60)65(51-26-22-49(23-27-51)62-39-45-31-46(40-62)33-47(32-45)41-62)53-11-8-17-57(35-53)66(54-12-3-1-4-13-54,55-14-5-2-6-15-55)56-16-7-10-52(34-56)64(58)50-24-20-48(21-25-50)61-36-42-28-43(37-61)30-44(29-42)38-61/h1-27,40-45H,28-39H2;1-27,34-35,42-47H,28-33,36-41H2. The van der Waals surface area contributed by atoms with E-state index >= 15 is 0 Å². The molecular weight excluding hydrogens is 1650 g/mol. The van der Waals surface area contributed by atoms with E-state index in [9.17, 15) is 0 Å². The molecule has 14 aromatic rings. The van der Waals surface area contributed by atoms with Gasteiger partial charge in [0.25, 0.3) is 6.71 Å². The number of rotatable bonds is 12. The summed E-state index contributed by atoms with van der Waals surface area (Å²) in [5, 5.41) is 12.2. The maximum Gasteiger partial charge on any atom is 0.251 e. The molecule has 0 atom stereocenters. The Morgan fingerprint density at radius 3 is 0.712 bits per heavy atom. The first kappa shape index (κ1) is 78.5. The lowest BCUT2D eigenvalue weighted by molar-refractivity contribution is -0.00530. The second-order valence-electron chi connectivity index (χ2n) is 45.6. The Morgan fingerprint density at radius 2 is 0.432 bits per heavy atom. The normalized spacial score (nSPS) is 30.1. The maximum absolute atomic E-state index is 8.01. The fourth-order valence-corrected chi connectivity index (χ4v) is 45.5. The molecule has 0 amide bonds. The third-order valence-corrected chi connectivity index (χ3v) is 48.3. The third kappa shape index (κ3) is 11.7. The van der Waals surface area contributed by atoms with Crippen LogP contribution in [0.1, 0.15) is 176 Å². The van der Waals surface area contributed by atoms with E-state index in [1.807, 2.05) is 0 Å².